The van der Waals surface area contributed by atoms with Crippen molar-refractivity contribution in [3.63, 3.8) is 0 Å². The molecule has 2 heterocycles. The van der Waals surface area contributed by atoms with Gasteiger partial charge in [0, 0.05) is 11.8 Å². The number of nitrogens with one attached hydrogen (secondary N) is 1. The summed E-state index contributed by atoms with van der Waals surface area (Å²) >= 11 is 0. The van der Waals surface area contributed by atoms with Gasteiger partial charge in [0.05, 0.1) is 27.3 Å². The average molecular weight is 789 g/mol. The third-order valence-corrected chi connectivity index (χ3v) is 13.5. The molecule has 1 aromatic carbocycles. The third-order valence-electron chi connectivity index (χ3n) is 12.3. The quantitative estimate of drug-likeness (QED) is 0.226. The number of nitrogens with zero attached hydrogens (tertiary/aromatic N) is 1. The van der Waals surface area contributed by atoms with Crippen molar-refractivity contribution in [3.05, 3.63) is 41.4 Å². The molecule has 12 heteroatoms. The Hall–Kier alpha value is -1.69. The van der Waals surface area contributed by atoms with E-state index < -0.39 is 17.3 Å². The van der Waals surface area contributed by atoms with Crippen LogP contribution in [0.5, 0.6) is 0 Å². The first kappa shape index (κ1) is 49.5. The summed E-state index contributed by atoms with van der Waals surface area (Å²) in [4.78, 5) is 2.63. The summed E-state index contributed by atoms with van der Waals surface area (Å²) in [6, 6.07) is 6.79. The number of rotatable bonds is 6. The van der Waals surface area contributed by atoms with E-state index in [9.17, 15) is 8.42 Å². The van der Waals surface area contributed by atoms with E-state index in [0.717, 1.165) is 55.7 Å². The van der Waals surface area contributed by atoms with Gasteiger partial charge in [0.25, 0.3) is 10.0 Å². The number of hydrazone groups is 1. The predicted octanol–water partition coefficient (Wildman–Crippen LogP) is 10.9. The minimum atomic E-state index is -3.56. The van der Waals surface area contributed by atoms with E-state index in [1.165, 1.54) is 11.9 Å². The van der Waals surface area contributed by atoms with Crippen molar-refractivity contribution in [1.82, 2.24) is 4.83 Å². The van der Waals surface area contributed by atoms with Gasteiger partial charge in [-0.25, -0.2) is 4.83 Å². The fourth-order valence-electron chi connectivity index (χ4n) is 6.74. The zero-order chi connectivity index (χ0) is 41.1. The summed E-state index contributed by atoms with van der Waals surface area (Å²) < 4.78 is 53.3. The van der Waals surface area contributed by atoms with Crippen LogP contribution in [-0.4, -0.2) is 57.1 Å². The highest BCUT2D eigenvalue weighted by atomic mass is 32.2. The van der Waals surface area contributed by atoms with Crippen LogP contribution in [0, 0.1) is 29.6 Å². The van der Waals surface area contributed by atoms with Crippen molar-refractivity contribution >= 4 is 30.2 Å². The number of sulfonamides is 1. The molecule has 0 amide bonds. The van der Waals surface area contributed by atoms with Gasteiger partial charge in [0.15, 0.2) is 0 Å². The smallest absolute Gasteiger partial charge is 0.400 e. The Balaban J connectivity index is 0.000000292. The Bertz CT molecular complexity index is 1510. The maximum Gasteiger partial charge on any atom is 0.640 e. The minimum absolute atomic E-state index is 0. The predicted molar refractivity (Wildman–Crippen MR) is 230 cm³/mol. The van der Waals surface area contributed by atoms with E-state index in [0.29, 0.717) is 16.7 Å². The van der Waals surface area contributed by atoms with Crippen LogP contribution in [0.15, 0.2) is 45.8 Å². The Morgan fingerprint density at radius 1 is 0.745 bits per heavy atom. The van der Waals surface area contributed by atoms with Crippen molar-refractivity contribution in [3.8, 4) is 0 Å². The Morgan fingerprint density at radius 3 is 1.58 bits per heavy atom. The maximum absolute atomic E-state index is 12.2. The summed E-state index contributed by atoms with van der Waals surface area (Å²) in [6.07, 6.45) is 9.90. The lowest BCUT2D eigenvalue weighted by Crippen LogP contribution is -2.41. The fourth-order valence-corrected chi connectivity index (χ4v) is 7.59. The second kappa shape index (κ2) is 18.5. The first-order valence-electron chi connectivity index (χ1n) is 20.2. The van der Waals surface area contributed by atoms with Crippen LogP contribution < -0.4 is 4.83 Å². The van der Waals surface area contributed by atoms with E-state index in [1.54, 1.807) is 24.3 Å². The molecule has 2 saturated heterocycles. The summed E-state index contributed by atoms with van der Waals surface area (Å²) in [5.74, 6) is 1.46. The summed E-state index contributed by atoms with van der Waals surface area (Å²) in [7, 11) is -4.21. The van der Waals surface area contributed by atoms with Gasteiger partial charge in [-0.15, -0.1) is 0 Å². The molecule has 0 aromatic heterocycles. The molecule has 1 saturated carbocycles. The molecule has 3 fully saturated rings. The van der Waals surface area contributed by atoms with Crippen LogP contribution in [0.3, 0.4) is 0 Å². The molecule has 0 spiro atoms. The molecular weight excluding hydrogens is 710 g/mol. The lowest BCUT2D eigenvalue weighted by Gasteiger charge is -2.34. The normalized spacial score (nSPS) is 24.5. The van der Waals surface area contributed by atoms with Crippen LogP contribution in [-0.2, 0) is 33.3 Å². The van der Waals surface area contributed by atoms with Gasteiger partial charge in [-0.1, -0.05) is 72.7 Å². The molecule has 314 valence electrons. The van der Waals surface area contributed by atoms with Crippen molar-refractivity contribution in [1.29, 1.82) is 0 Å². The lowest BCUT2D eigenvalue weighted by atomic mass is 9.66. The van der Waals surface area contributed by atoms with Crippen LogP contribution >= 0.6 is 0 Å². The molecule has 1 aromatic rings. The standard InChI is InChI=1S/C17H26N2O2S.C16H29BO2.C9H19BO3.CH4/c1-13-5-11-16(12-6-13)22(20,21)19-18-15-9-7-14(8-10-15)17(2,3)4;1-14(2,3)12-8-10-13(11-9-12)17-18-15(4,5)16(6,7)19-17;1-7(2)11-10-12-8(3,4)9(5,6)13-10;/h5-6,11-12,14,19H,7-10H2,1-4H3;10,12H,8-9,11H2,1-7H3;7H,1-6H3;1H4. The molecule has 1 N–H and O–H groups in total. The SMILES string of the molecule is C.CC(C)(C)C1CC=C(B2OC(C)(C)C(C)(C)O2)CC1.CC(C)OB1OC(C)(C)C(C)(C)O1.Cc1ccc(S(=O)(=O)NN=C2CCC(C(C)(C)C)CC2)cc1. The number of hydrogen-bond donors (Lipinski definition) is 1. The van der Waals surface area contributed by atoms with Crippen LogP contribution in [0.4, 0.5) is 0 Å². The molecule has 9 nitrogen and oxygen atoms in total. The van der Waals surface area contributed by atoms with Crippen LogP contribution in [0.2, 0.25) is 0 Å². The third kappa shape index (κ3) is 13.7. The van der Waals surface area contributed by atoms with Gasteiger partial charge < -0.3 is 23.3 Å². The van der Waals surface area contributed by atoms with E-state index in [2.05, 4.69) is 85.2 Å². The van der Waals surface area contributed by atoms with E-state index in [-0.39, 0.29) is 47.9 Å². The lowest BCUT2D eigenvalue weighted by molar-refractivity contribution is 0.00578. The molecule has 4 aliphatic rings. The van der Waals surface area contributed by atoms with Crippen molar-refractivity contribution < 1.29 is 31.7 Å². The average Bonchev–Trinajstić information content (AvgIpc) is 3.38. The zero-order valence-electron chi connectivity index (χ0n) is 36.9. The Morgan fingerprint density at radius 2 is 1.18 bits per heavy atom. The molecule has 2 aliphatic carbocycles. The number of benzene rings is 1. The van der Waals surface area contributed by atoms with Gasteiger partial charge in [-0.3, -0.25) is 0 Å². The maximum atomic E-state index is 12.2. The molecule has 0 bridgehead atoms. The first-order valence-corrected chi connectivity index (χ1v) is 21.6. The van der Waals surface area contributed by atoms with Gasteiger partial charge >= 0.3 is 14.4 Å². The number of allylic oxidation sites excluding steroid dienone is 2. The highest BCUT2D eigenvalue weighted by Crippen LogP contribution is 2.43. The molecule has 1 atom stereocenters. The van der Waals surface area contributed by atoms with Crippen LogP contribution in [0.1, 0.15) is 169 Å². The summed E-state index contributed by atoms with van der Waals surface area (Å²) in [5.41, 5.74) is 3.00. The van der Waals surface area contributed by atoms with E-state index in [4.69, 9.17) is 23.3 Å². The molecule has 1 unspecified atom stereocenters. The topological polar surface area (TPSA) is 105 Å². The van der Waals surface area contributed by atoms with E-state index >= 15 is 0 Å². The fraction of sp³-hybridized carbons (Fsp3) is 0.791. The van der Waals surface area contributed by atoms with Gasteiger partial charge in [-0.05, 0) is 161 Å². The number of hydrogen-bond acceptors (Lipinski definition) is 8. The minimum Gasteiger partial charge on any atom is -0.400 e. The zero-order valence-corrected chi connectivity index (χ0v) is 37.8. The van der Waals surface area contributed by atoms with Crippen LogP contribution in [0.25, 0.3) is 0 Å². The number of aryl methyl sites for hydroxylation is 1. The van der Waals surface area contributed by atoms with E-state index in [1.807, 2.05) is 48.5 Å². The molecular formula is C43H78B2N2O7S. The Kier molecular flexibility index (Phi) is 16.6. The second-order valence-electron chi connectivity index (χ2n) is 20.2. The molecule has 55 heavy (non-hydrogen) atoms. The summed E-state index contributed by atoms with van der Waals surface area (Å²) in [6.45, 7) is 36.2. The largest absolute Gasteiger partial charge is 0.640 e. The monoisotopic (exact) mass is 789 g/mol. The van der Waals surface area contributed by atoms with Gasteiger partial charge in [0.2, 0.25) is 0 Å². The highest BCUT2D eigenvalue weighted by Gasteiger charge is 2.54. The molecule has 2 aliphatic heterocycles. The van der Waals surface area contributed by atoms with Gasteiger partial charge in [0.1, 0.15) is 0 Å². The second-order valence-corrected chi connectivity index (χ2v) is 21.8. The first-order chi connectivity index (χ1) is 24.5. The van der Waals surface area contributed by atoms with Crippen molar-refractivity contribution in [2.75, 3.05) is 0 Å². The van der Waals surface area contributed by atoms with Gasteiger partial charge in [-0.2, -0.15) is 13.5 Å². The highest BCUT2D eigenvalue weighted by molar-refractivity contribution is 7.89. The summed E-state index contributed by atoms with van der Waals surface area (Å²) in [5, 5.41) is 4.15. The molecule has 0 radical (unpaired) electrons. The molecule has 5 rings (SSSR count). The van der Waals surface area contributed by atoms with Crippen molar-refractivity contribution in [2.45, 2.75) is 203 Å². The van der Waals surface area contributed by atoms with Crippen molar-refractivity contribution in [2.24, 2.45) is 27.8 Å². The Labute approximate surface area is 338 Å².